The van der Waals surface area contributed by atoms with Crippen molar-refractivity contribution in [3.8, 4) is 0 Å². The fourth-order valence-corrected chi connectivity index (χ4v) is 7.15. The van der Waals surface area contributed by atoms with Crippen LogP contribution in [0, 0.1) is 11.6 Å². The number of nitrogens with one attached hydrogen (secondary N) is 2. The van der Waals surface area contributed by atoms with Gasteiger partial charge in [-0.15, -0.1) is 0 Å². The third kappa shape index (κ3) is 4.06. The highest BCUT2D eigenvalue weighted by molar-refractivity contribution is 6.01. The molecule has 40 heavy (non-hydrogen) atoms. The highest BCUT2D eigenvalue weighted by Crippen LogP contribution is 2.55. The van der Waals surface area contributed by atoms with Crippen LogP contribution in [0.25, 0.3) is 0 Å². The van der Waals surface area contributed by atoms with Crippen LogP contribution in [0.15, 0.2) is 47.8 Å². The SMILES string of the molecule is COC(=O)C1=C(C)NC(=O)N(C(=O)N[C@@H]2CCN([C@]34CCCC[C@@H]3c3ccnc4c3)C2)[C@H]1c1ccc(F)c(F)c1. The van der Waals surface area contributed by atoms with Crippen LogP contribution in [0.3, 0.4) is 0 Å². The lowest BCUT2D eigenvalue weighted by Gasteiger charge is -2.46. The van der Waals surface area contributed by atoms with E-state index < -0.39 is 35.7 Å². The molecule has 11 heteroatoms. The zero-order chi connectivity index (χ0) is 28.2. The van der Waals surface area contributed by atoms with E-state index in [0.29, 0.717) is 18.9 Å². The van der Waals surface area contributed by atoms with E-state index in [4.69, 9.17) is 9.72 Å². The van der Waals surface area contributed by atoms with E-state index in [1.165, 1.54) is 32.1 Å². The number of aromatic nitrogens is 1. The van der Waals surface area contributed by atoms with Gasteiger partial charge in [0, 0.05) is 36.9 Å². The highest BCUT2D eigenvalue weighted by Gasteiger charge is 2.53. The number of pyridine rings is 1. The standard InChI is InChI=1S/C29H31F2N5O4/c1-16-24(26(37)40-2)25(18-6-7-21(30)22(31)13-18)36(27(38)33-16)28(39)34-19-9-12-35(15-19)29-10-4-3-5-20(29)17-8-11-32-23(29)14-17/h6-8,11,13-14,19-20,25H,3-5,9-10,12,15H2,1-2H3,(H,33,38)(H,34,39)/t19-,20-,25+,29-/m1/s1. The number of urea groups is 2. The summed E-state index contributed by atoms with van der Waals surface area (Å²) in [7, 11) is 1.17. The van der Waals surface area contributed by atoms with Crippen LogP contribution in [0.1, 0.15) is 67.8 Å². The van der Waals surface area contributed by atoms with Crippen molar-refractivity contribution in [1.82, 2.24) is 25.4 Å². The normalized spacial score (nSPS) is 27.9. The van der Waals surface area contributed by atoms with Crippen molar-refractivity contribution in [1.29, 1.82) is 0 Å². The van der Waals surface area contributed by atoms with Gasteiger partial charge in [-0.1, -0.05) is 18.9 Å². The number of nitrogens with zero attached hydrogens (tertiary/aromatic N) is 3. The highest BCUT2D eigenvalue weighted by atomic mass is 19.2. The fraction of sp³-hybridized carbons (Fsp3) is 0.448. The molecule has 4 atom stereocenters. The van der Waals surface area contributed by atoms with Crippen molar-refractivity contribution in [3.63, 3.8) is 0 Å². The Morgan fingerprint density at radius 2 is 1.95 bits per heavy atom. The number of hydrogen-bond donors (Lipinski definition) is 2. The van der Waals surface area contributed by atoms with Gasteiger partial charge in [-0.25, -0.2) is 28.1 Å². The summed E-state index contributed by atoms with van der Waals surface area (Å²) < 4.78 is 32.9. The number of rotatable bonds is 4. The Balaban J connectivity index is 1.27. The fourth-order valence-electron chi connectivity index (χ4n) is 7.15. The number of hydrogen-bond acceptors (Lipinski definition) is 6. The molecule has 4 amide bonds. The Kier molecular flexibility index (Phi) is 6.56. The van der Waals surface area contributed by atoms with Crippen molar-refractivity contribution in [2.24, 2.45) is 0 Å². The molecule has 2 bridgehead atoms. The first-order chi connectivity index (χ1) is 19.2. The van der Waals surface area contributed by atoms with Gasteiger partial charge in [0.05, 0.1) is 23.9 Å². The maximum atomic E-state index is 14.3. The van der Waals surface area contributed by atoms with Gasteiger partial charge < -0.3 is 15.4 Å². The average Bonchev–Trinajstić information content (AvgIpc) is 3.50. The van der Waals surface area contributed by atoms with Crippen LogP contribution in [-0.2, 0) is 15.1 Å². The Hall–Kier alpha value is -3.86. The first-order valence-electron chi connectivity index (χ1n) is 13.6. The van der Waals surface area contributed by atoms with E-state index in [2.05, 4.69) is 27.7 Å². The molecule has 0 unspecified atom stereocenters. The largest absolute Gasteiger partial charge is 0.466 e. The van der Waals surface area contributed by atoms with Gasteiger partial charge in [0.15, 0.2) is 11.6 Å². The second-order valence-corrected chi connectivity index (χ2v) is 11.0. The third-order valence-corrected chi connectivity index (χ3v) is 8.92. The first kappa shape index (κ1) is 26.4. The maximum absolute atomic E-state index is 14.3. The van der Waals surface area contributed by atoms with E-state index in [1.807, 2.05) is 6.20 Å². The molecule has 2 fully saturated rings. The number of fused-ring (bicyclic) bond motifs is 5. The number of methoxy groups -OCH3 is 1. The van der Waals surface area contributed by atoms with Crippen LogP contribution in [0.5, 0.6) is 0 Å². The predicted molar refractivity (Wildman–Crippen MR) is 140 cm³/mol. The summed E-state index contributed by atoms with van der Waals surface area (Å²) in [4.78, 5) is 47.6. The number of benzene rings is 1. The van der Waals surface area contributed by atoms with E-state index >= 15 is 0 Å². The number of allylic oxidation sites excluding steroid dienone is 1. The molecule has 1 aromatic heterocycles. The Bertz CT molecular complexity index is 1430. The van der Waals surface area contributed by atoms with Gasteiger partial charge in [0.25, 0.3) is 0 Å². The summed E-state index contributed by atoms with van der Waals surface area (Å²) in [5.41, 5.74) is 2.40. The van der Waals surface area contributed by atoms with Gasteiger partial charge in [-0.2, -0.15) is 0 Å². The molecule has 0 spiro atoms. The Morgan fingerprint density at radius 1 is 1.12 bits per heavy atom. The van der Waals surface area contributed by atoms with Crippen LogP contribution >= 0.6 is 0 Å². The van der Waals surface area contributed by atoms with Gasteiger partial charge >= 0.3 is 18.0 Å². The van der Waals surface area contributed by atoms with Crippen LogP contribution < -0.4 is 10.6 Å². The molecule has 1 saturated carbocycles. The number of esters is 1. The lowest BCUT2D eigenvalue weighted by molar-refractivity contribution is -0.136. The second-order valence-electron chi connectivity index (χ2n) is 11.0. The molecule has 2 aliphatic carbocycles. The number of imide groups is 1. The van der Waals surface area contributed by atoms with Crippen LogP contribution in [0.2, 0.25) is 0 Å². The molecule has 4 aliphatic rings. The minimum Gasteiger partial charge on any atom is -0.466 e. The molecule has 2 N–H and O–H groups in total. The van der Waals surface area contributed by atoms with E-state index in [0.717, 1.165) is 48.5 Å². The summed E-state index contributed by atoms with van der Waals surface area (Å²) in [6.45, 7) is 2.82. The van der Waals surface area contributed by atoms with Crippen LogP contribution in [-0.4, -0.2) is 59.1 Å². The number of carbonyl (C=O) groups is 3. The first-order valence-corrected chi connectivity index (χ1v) is 13.6. The van der Waals surface area contributed by atoms with Crippen LogP contribution in [0.4, 0.5) is 18.4 Å². The topological polar surface area (TPSA) is 104 Å². The summed E-state index contributed by atoms with van der Waals surface area (Å²) in [5.74, 6) is -2.67. The van der Waals surface area contributed by atoms with Crippen molar-refractivity contribution in [2.45, 2.75) is 62.6 Å². The van der Waals surface area contributed by atoms with Crippen molar-refractivity contribution in [3.05, 3.63) is 76.3 Å². The quantitative estimate of drug-likeness (QED) is 0.552. The molecule has 2 aliphatic heterocycles. The lowest BCUT2D eigenvalue weighted by Crippen LogP contribution is -2.56. The molecule has 2 aromatic rings. The van der Waals surface area contributed by atoms with E-state index in [9.17, 15) is 23.2 Å². The Labute approximate surface area is 230 Å². The molecule has 6 rings (SSSR count). The summed E-state index contributed by atoms with van der Waals surface area (Å²) in [5, 5.41) is 5.51. The summed E-state index contributed by atoms with van der Waals surface area (Å²) in [6, 6.07) is 4.23. The number of ether oxygens (including phenoxy) is 1. The molecule has 1 aromatic carbocycles. The number of halogens is 2. The number of carbonyl (C=O) groups excluding carboxylic acids is 3. The maximum Gasteiger partial charge on any atom is 0.337 e. The molecule has 1 saturated heterocycles. The van der Waals surface area contributed by atoms with Crippen molar-refractivity contribution in [2.75, 3.05) is 20.2 Å². The van der Waals surface area contributed by atoms with E-state index in [-0.39, 0.29) is 28.4 Å². The molecule has 3 heterocycles. The number of likely N-dealkylation sites (tertiary alicyclic amines) is 1. The summed E-state index contributed by atoms with van der Waals surface area (Å²) in [6.07, 6.45) is 6.91. The molecule has 9 nitrogen and oxygen atoms in total. The smallest absolute Gasteiger partial charge is 0.337 e. The zero-order valence-corrected chi connectivity index (χ0v) is 22.4. The lowest BCUT2D eigenvalue weighted by atomic mass is 9.71. The minimum atomic E-state index is -1.31. The Morgan fingerprint density at radius 3 is 2.73 bits per heavy atom. The van der Waals surface area contributed by atoms with Gasteiger partial charge in [0.2, 0.25) is 0 Å². The summed E-state index contributed by atoms with van der Waals surface area (Å²) >= 11 is 0. The van der Waals surface area contributed by atoms with Crippen molar-refractivity contribution < 1.29 is 27.9 Å². The third-order valence-electron chi connectivity index (χ3n) is 8.92. The van der Waals surface area contributed by atoms with Crippen molar-refractivity contribution >= 4 is 18.0 Å². The second kappa shape index (κ2) is 9.96. The molecule has 0 radical (unpaired) electrons. The van der Waals surface area contributed by atoms with Gasteiger partial charge in [0.1, 0.15) is 6.04 Å². The molecular formula is C29H31F2N5O4. The number of amides is 4. The monoisotopic (exact) mass is 551 g/mol. The minimum absolute atomic E-state index is 0.0449. The molecular weight excluding hydrogens is 520 g/mol. The predicted octanol–water partition coefficient (Wildman–Crippen LogP) is 4.22. The van der Waals surface area contributed by atoms with E-state index in [1.54, 1.807) is 0 Å². The molecule has 210 valence electrons. The van der Waals surface area contributed by atoms with Gasteiger partial charge in [-0.3, -0.25) is 9.88 Å². The zero-order valence-electron chi connectivity index (χ0n) is 22.4. The average molecular weight is 552 g/mol. The van der Waals surface area contributed by atoms with Gasteiger partial charge in [-0.05, 0) is 61.6 Å².